The maximum absolute atomic E-state index is 10.7. The number of aliphatic hydroxyl groups is 4. The monoisotopic (exact) mass is 570 g/mol. The van der Waals surface area contributed by atoms with Gasteiger partial charge in [-0.1, -0.05) is 6.92 Å². The van der Waals surface area contributed by atoms with E-state index in [0.29, 0.717) is 6.42 Å². The van der Waals surface area contributed by atoms with Crippen molar-refractivity contribution >= 4 is 11.9 Å². The van der Waals surface area contributed by atoms with Crippen molar-refractivity contribution in [2.24, 2.45) is 11.8 Å². The van der Waals surface area contributed by atoms with Gasteiger partial charge in [-0.2, -0.15) is 0 Å². The molecule has 0 bridgehead atoms. The van der Waals surface area contributed by atoms with Crippen LogP contribution in [-0.2, 0) is 38.0 Å². The molecule has 0 amide bonds. The molecule has 0 aliphatic carbocycles. The summed E-state index contributed by atoms with van der Waals surface area (Å²) in [5.74, 6) is -4.19. The Kier molecular flexibility index (Phi) is 19.9. The molecule has 0 radical (unpaired) electrons. The van der Waals surface area contributed by atoms with Crippen LogP contribution in [0.25, 0.3) is 0 Å². The van der Waals surface area contributed by atoms with E-state index in [0.717, 1.165) is 0 Å². The van der Waals surface area contributed by atoms with Crippen LogP contribution in [0.2, 0.25) is 0 Å². The minimum absolute atomic E-state index is 0. The molecule has 2 saturated heterocycles. The zero-order valence-electron chi connectivity index (χ0n) is 22.3. The normalized spacial score (nSPS) is 35.1. The number of rotatable bonds is 15. The average Bonchev–Trinajstić information content (AvgIpc) is 2.81. The number of aliphatic hydroxyl groups excluding tert-OH is 4. The van der Waals surface area contributed by atoms with Gasteiger partial charge in [-0.15, -0.1) is 0 Å². The van der Waals surface area contributed by atoms with Gasteiger partial charge in [0.1, 0.15) is 24.4 Å². The summed E-state index contributed by atoms with van der Waals surface area (Å²) in [5.41, 5.74) is 0. The van der Waals surface area contributed by atoms with E-state index in [1.807, 2.05) is 0 Å². The van der Waals surface area contributed by atoms with Crippen LogP contribution in [0.5, 0.6) is 0 Å². The van der Waals surface area contributed by atoms with E-state index in [1.165, 1.54) is 7.11 Å². The summed E-state index contributed by atoms with van der Waals surface area (Å²) in [5, 5.41) is 63.4. The van der Waals surface area contributed by atoms with Gasteiger partial charge in [0.05, 0.1) is 82.6 Å². The van der Waals surface area contributed by atoms with Crippen LogP contribution in [0.4, 0.5) is 0 Å². The van der Waals surface area contributed by atoms with Gasteiger partial charge in [0, 0.05) is 18.9 Å². The Bertz CT molecular complexity index is 688. The van der Waals surface area contributed by atoms with Gasteiger partial charge in [0.2, 0.25) is 0 Å². The maximum Gasteiger partial charge on any atom is 1.00 e. The van der Waals surface area contributed by atoms with E-state index in [9.17, 15) is 40.2 Å². The quantitative estimate of drug-likeness (QED) is 0.135. The summed E-state index contributed by atoms with van der Waals surface area (Å²) in [7, 11) is 1.39. The second-order valence-electron chi connectivity index (χ2n) is 8.89. The van der Waals surface area contributed by atoms with Crippen molar-refractivity contribution in [3.05, 3.63) is 0 Å². The van der Waals surface area contributed by atoms with Gasteiger partial charge in [0.25, 0.3) is 0 Å². The molecule has 2 aliphatic heterocycles. The summed E-state index contributed by atoms with van der Waals surface area (Å²) >= 11 is 0. The number of carboxylic acids is 2. The first-order chi connectivity index (χ1) is 17.1. The zero-order valence-corrected chi connectivity index (χ0v) is 26.3. The fourth-order valence-electron chi connectivity index (χ4n) is 4.51. The van der Waals surface area contributed by atoms with Crippen LogP contribution >= 0.6 is 0 Å². The molecule has 0 aromatic heterocycles. The molecule has 14 nitrogen and oxygen atoms in total. The number of carbonyl (C=O) groups is 2. The third kappa shape index (κ3) is 11.4. The second-order valence-corrected chi connectivity index (χ2v) is 8.89. The molecule has 4 N–H and O–H groups in total. The van der Waals surface area contributed by atoms with Crippen LogP contribution in [0, 0.1) is 11.8 Å². The Morgan fingerprint density at radius 3 is 1.53 bits per heavy atom. The molecule has 0 aromatic rings. The molecule has 38 heavy (non-hydrogen) atoms. The van der Waals surface area contributed by atoms with Crippen LogP contribution in [0.3, 0.4) is 0 Å². The smallest absolute Gasteiger partial charge is 0.548 e. The van der Waals surface area contributed by atoms with Crippen molar-refractivity contribution in [2.45, 2.75) is 62.2 Å². The van der Waals surface area contributed by atoms with Crippen molar-refractivity contribution in [1.29, 1.82) is 0 Å². The predicted molar refractivity (Wildman–Crippen MR) is 113 cm³/mol. The number of aliphatic carboxylic acids is 2. The molecule has 2 aliphatic rings. The molecule has 0 aromatic carbocycles. The van der Waals surface area contributed by atoms with Crippen LogP contribution in [0.15, 0.2) is 0 Å². The fourth-order valence-corrected chi connectivity index (χ4v) is 4.51. The summed E-state index contributed by atoms with van der Waals surface area (Å²) in [6, 6.07) is 0. The van der Waals surface area contributed by atoms with Gasteiger partial charge in [-0.3, -0.25) is 0 Å². The molecular formula is C22H36Na2O14. The van der Waals surface area contributed by atoms with Gasteiger partial charge < -0.3 is 68.6 Å². The molecule has 0 saturated carbocycles. The van der Waals surface area contributed by atoms with Gasteiger partial charge >= 0.3 is 59.1 Å². The molecule has 0 spiro atoms. The number of methoxy groups -OCH3 is 1. The van der Waals surface area contributed by atoms with Gasteiger partial charge in [-0.25, -0.2) is 0 Å². The van der Waals surface area contributed by atoms with Crippen molar-refractivity contribution in [3.8, 4) is 0 Å². The molecule has 2 rings (SSSR count). The zero-order chi connectivity index (χ0) is 26.8. The maximum atomic E-state index is 10.7. The van der Waals surface area contributed by atoms with Gasteiger partial charge in [-0.05, 0) is 6.42 Å². The number of ether oxygens (including phenoxy) is 6. The predicted octanol–water partition coefficient (Wildman–Crippen LogP) is -11.2. The molecule has 210 valence electrons. The van der Waals surface area contributed by atoms with Crippen LogP contribution < -0.4 is 69.3 Å². The third-order valence-corrected chi connectivity index (χ3v) is 6.39. The van der Waals surface area contributed by atoms with E-state index >= 15 is 0 Å². The topological polar surface area (TPSA) is 217 Å². The minimum atomic E-state index is -1.43. The van der Waals surface area contributed by atoms with Crippen molar-refractivity contribution < 1.29 is 128 Å². The Hall–Kier alpha value is 0.540. The minimum Gasteiger partial charge on any atom is -0.548 e. The largest absolute Gasteiger partial charge is 1.00 e. The summed E-state index contributed by atoms with van der Waals surface area (Å²) in [6.07, 6.45) is -8.15. The Morgan fingerprint density at radius 2 is 1.08 bits per heavy atom. The number of carboxylic acid groups (broad SMARTS) is 2. The Labute approximate surface area is 265 Å². The molecule has 2 fully saturated rings. The molecule has 5 unspecified atom stereocenters. The van der Waals surface area contributed by atoms with E-state index in [2.05, 4.69) is 0 Å². The van der Waals surface area contributed by atoms with E-state index < -0.39 is 85.8 Å². The fraction of sp³-hybridized carbons (Fsp3) is 0.909. The first-order valence-electron chi connectivity index (χ1n) is 11.8. The van der Waals surface area contributed by atoms with Crippen molar-refractivity contribution in [2.75, 3.05) is 53.4 Å². The molecule has 10 atom stereocenters. The first-order valence-corrected chi connectivity index (χ1v) is 11.8. The molecule has 16 heteroatoms. The molecule has 2 heterocycles. The Morgan fingerprint density at radius 1 is 0.658 bits per heavy atom. The van der Waals surface area contributed by atoms with E-state index in [1.54, 1.807) is 6.92 Å². The Balaban J connectivity index is 0.00000684. The van der Waals surface area contributed by atoms with Crippen LogP contribution in [0.1, 0.15) is 13.3 Å². The van der Waals surface area contributed by atoms with Crippen molar-refractivity contribution in [1.82, 2.24) is 0 Å². The summed E-state index contributed by atoms with van der Waals surface area (Å²) in [4.78, 5) is 21.3. The SMILES string of the molecule is CC[C@H]1C(COCC(=O)[O-])OC(COCC2C(O)C(O)[C@@H](COC)O[C@H]2COCC(=O)[O-])[C@@H](O)[C@@H]1O.[Na+].[Na+]. The van der Waals surface area contributed by atoms with Crippen LogP contribution in [-0.4, -0.2) is 135 Å². The number of hydrogen-bond acceptors (Lipinski definition) is 14. The number of hydrogen-bond donors (Lipinski definition) is 4. The summed E-state index contributed by atoms with van der Waals surface area (Å²) < 4.78 is 32.3. The second kappa shape index (κ2) is 19.6. The van der Waals surface area contributed by atoms with E-state index in [4.69, 9.17) is 28.4 Å². The standard InChI is InChI=1S/C22H38O14.2Na/c1-3-11-13(6-33-9-17(23)24)35-16(22(30)19(11)27)8-32-4-12-14(7-34-10-18(25)26)36-15(5-31-2)21(29)20(12)28;;/h11-16,19-22,27-30H,3-10H2,1-2H3,(H,23,24)(H,25,26);;/q;2*+1/p-2/t11-,12?,13?,14-,15+,16?,19+,20?,21?,22+;;/m0../s1. The summed E-state index contributed by atoms with van der Waals surface area (Å²) in [6.45, 7) is -0.382. The first kappa shape index (κ1) is 38.5. The number of carbonyl (C=O) groups excluding carboxylic acids is 2. The van der Waals surface area contributed by atoms with Crippen molar-refractivity contribution in [3.63, 3.8) is 0 Å². The average molecular weight is 570 g/mol. The van der Waals surface area contributed by atoms with Gasteiger partial charge in [0.15, 0.2) is 0 Å². The van der Waals surface area contributed by atoms with E-state index in [-0.39, 0.29) is 92.1 Å². The molecular weight excluding hydrogens is 534 g/mol. The third-order valence-electron chi connectivity index (χ3n) is 6.39.